The number of nitrogens with zero attached hydrogens (tertiary/aromatic N) is 5. The van der Waals surface area contributed by atoms with Crippen molar-refractivity contribution < 1.29 is 0 Å². The lowest BCUT2D eigenvalue weighted by Gasteiger charge is -2.29. The molecule has 0 aliphatic heterocycles. The highest BCUT2D eigenvalue weighted by Crippen LogP contribution is 2.36. The van der Waals surface area contributed by atoms with E-state index in [0.717, 1.165) is 55.2 Å². The van der Waals surface area contributed by atoms with E-state index in [0.29, 0.717) is 17.9 Å². The van der Waals surface area contributed by atoms with Crippen molar-refractivity contribution in [1.29, 1.82) is 0 Å². The largest absolute Gasteiger partial charge is 0.350 e. The van der Waals surface area contributed by atoms with Crippen LogP contribution in [-0.4, -0.2) is 36.6 Å². The lowest BCUT2D eigenvalue weighted by Crippen LogP contribution is -2.27. The number of aromatic nitrogens is 5. The van der Waals surface area contributed by atoms with Crippen LogP contribution in [0.15, 0.2) is 30.6 Å². The van der Waals surface area contributed by atoms with Crippen molar-refractivity contribution in [2.75, 3.05) is 17.2 Å². The molecule has 0 amide bonds. The van der Waals surface area contributed by atoms with Crippen LogP contribution < -0.4 is 16.4 Å². The molecule has 0 bridgehead atoms. The van der Waals surface area contributed by atoms with Gasteiger partial charge in [-0.05, 0) is 71.0 Å². The minimum absolute atomic E-state index is 0.118. The smallest absolute Gasteiger partial charge is 0.225 e. The van der Waals surface area contributed by atoms with Crippen molar-refractivity contribution in [3.8, 4) is 0 Å². The third-order valence-corrected chi connectivity index (χ3v) is 5.34. The maximum Gasteiger partial charge on any atom is 0.225 e. The van der Waals surface area contributed by atoms with Gasteiger partial charge in [-0.15, -0.1) is 0 Å². The number of nitrogens with one attached hydrogen (secondary N) is 2. The molecule has 0 unspecified atom stereocenters. The second-order valence-electron chi connectivity index (χ2n) is 8.83. The van der Waals surface area contributed by atoms with E-state index in [2.05, 4.69) is 45.9 Å². The number of hydrogen-bond acceptors (Lipinski definition) is 7. The topological polar surface area (TPSA) is 107 Å². The van der Waals surface area contributed by atoms with Crippen LogP contribution in [0.3, 0.4) is 0 Å². The molecule has 1 fully saturated rings. The first-order valence-electron chi connectivity index (χ1n) is 10.3. The molecule has 0 radical (unpaired) electrons. The average molecular weight is 395 g/mol. The van der Waals surface area contributed by atoms with E-state index in [1.54, 1.807) is 12.4 Å². The Morgan fingerprint density at radius 1 is 1.10 bits per heavy atom. The molecule has 0 spiro atoms. The van der Waals surface area contributed by atoms with Gasteiger partial charge in [-0.3, -0.25) is 4.57 Å². The van der Waals surface area contributed by atoms with Gasteiger partial charge in [-0.25, -0.2) is 15.0 Å². The molecule has 0 aromatic carbocycles. The summed E-state index contributed by atoms with van der Waals surface area (Å²) in [5.41, 5.74) is 7.41. The second-order valence-corrected chi connectivity index (χ2v) is 8.83. The molecule has 3 aromatic rings. The Kier molecular flexibility index (Phi) is 5.36. The SMILES string of the molecule is CC(C)(C)Nc1ncc2nc(Nc3ccccn3)n([C@H]3CC[C@H](CN)CC3)c2n1. The molecule has 1 aliphatic carbocycles. The third kappa shape index (κ3) is 4.48. The summed E-state index contributed by atoms with van der Waals surface area (Å²) < 4.78 is 2.23. The fraction of sp³-hybridized carbons (Fsp3) is 0.524. The normalized spacial score (nSPS) is 20.0. The van der Waals surface area contributed by atoms with Crippen LogP contribution in [-0.2, 0) is 0 Å². The Hall–Kier alpha value is -2.74. The molecule has 0 saturated heterocycles. The fourth-order valence-corrected chi connectivity index (χ4v) is 3.91. The number of hydrogen-bond donors (Lipinski definition) is 3. The van der Waals surface area contributed by atoms with Gasteiger partial charge in [0, 0.05) is 17.8 Å². The first kappa shape index (κ1) is 19.6. The highest BCUT2D eigenvalue weighted by molar-refractivity contribution is 5.76. The highest BCUT2D eigenvalue weighted by Gasteiger charge is 2.26. The maximum atomic E-state index is 5.90. The number of imidazole rings is 1. The highest BCUT2D eigenvalue weighted by atomic mass is 15.3. The predicted molar refractivity (Wildman–Crippen MR) is 116 cm³/mol. The summed E-state index contributed by atoms with van der Waals surface area (Å²) >= 11 is 0. The van der Waals surface area contributed by atoms with Crippen LogP contribution in [0.1, 0.15) is 52.5 Å². The fourth-order valence-electron chi connectivity index (χ4n) is 3.91. The minimum atomic E-state index is -0.118. The van der Waals surface area contributed by atoms with E-state index in [9.17, 15) is 0 Å². The third-order valence-electron chi connectivity index (χ3n) is 5.34. The summed E-state index contributed by atoms with van der Waals surface area (Å²) in [6.45, 7) is 7.05. The van der Waals surface area contributed by atoms with Crippen LogP contribution in [0.4, 0.5) is 17.7 Å². The van der Waals surface area contributed by atoms with Gasteiger partial charge in [0.15, 0.2) is 5.65 Å². The molecule has 4 rings (SSSR count). The van der Waals surface area contributed by atoms with E-state index in [-0.39, 0.29) is 5.54 Å². The van der Waals surface area contributed by atoms with E-state index in [1.165, 1.54) is 0 Å². The number of anilines is 3. The van der Waals surface area contributed by atoms with Crippen molar-refractivity contribution in [2.45, 2.75) is 58.0 Å². The van der Waals surface area contributed by atoms with Crippen molar-refractivity contribution >= 4 is 28.9 Å². The monoisotopic (exact) mass is 394 g/mol. The van der Waals surface area contributed by atoms with E-state index >= 15 is 0 Å². The minimum Gasteiger partial charge on any atom is -0.350 e. The van der Waals surface area contributed by atoms with Crippen LogP contribution >= 0.6 is 0 Å². The van der Waals surface area contributed by atoms with Crippen LogP contribution in [0.2, 0.25) is 0 Å². The lowest BCUT2D eigenvalue weighted by molar-refractivity contribution is 0.284. The van der Waals surface area contributed by atoms with Crippen molar-refractivity contribution in [2.24, 2.45) is 11.7 Å². The quantitative estimate of drug-likeness (QED) is 0.603. The van der Waals surface area contributed by atoms with Gasteiger partial charge in [-0.1, -0.05) is 6.07 Å². The van der Waals surface area contributed by atoms with Crippen molar-refractivity contribution in [1.82, 2.24) is 24.5 Å². The predicted octanol–water partition coefficient (Wildman–Crippen LogP) is 3.87. The second kappa shape index (κ2) is 7.94. The first-order chi connectivity index (χ1) is 13.9. The molecule has 1 aliphatic rings. The Labute approximate surface area is 171 Å². The number of pyridine rings is 1. The van der Waals surface area contributed by atoms with Crippen LogP contribution in [0, 0.1) is 5.92 Å². The lowest BCUT2D eigenvalue weighted by atomic mass is 9.86. The molecule has 3 aromatic heterocycles. The summed E-state index contributed by atoms with van der Waals surface area (Å²) in [7, 11) is 0. The molecule has 154 valence electrons. The zero-order valence-corrected chi connectivity index (χ0v) is 17.4. The Morgan fingerprint density at radius 2 is 1.90 bits per heavy atom. The zero-order chi connectivity index (χ0) is 20.4. The Balaban J connectivity index is 1.74. The molecule has 3 heterocycles. The van der Waals surface area contributed by atoms with Crippen molar-refractivity contribution in [3.63, 3.8) is 0 Å². The summed E-state index contributed by atoms with van der Waals surface area (Å²) in [5.74, 6) is 2.75. The molecule has 0 atom stereocenters. The average Bonchev–Trinajstić information content (AvgIpc) is 3.04. The summed E-state index contributed by atoms with van der Waals surface area (Å²) in [6.07, 6.45) is 7.95. The summed E-state index contributed by atoms with van der Waals surface area (Å²) in [4.78, 5) is 18.5. The molecule has 4 N–H and O–H groups in total. The van der Waals surface area contributed by atoms with E-state index < -0.39 is 0 Å². The molecule has 29 heavy (non-hydrogen) atoms. The maximum absolute atomic E-state index is 5.90. The van der Waals surface area contributed by atoms with E-state index in [4.69, 9.17) is 15.7 Å². The van der Waals surface area contributed by atoms with Crippen molar-refractivity contribution in [3.05, 3.63) is 30.6 Å². The Morgan fingerprint density at radius 3 is 2.55 bits per heavy atom. The summed E-state index contributed by atoms with van der Waals surface area (Å²) in [5, 5.41) is 6.75. The van der Waals surface area contributed by atoms with Gasteiger partial charge in [0.1, 0.15) is 11.3 Å². The molecular formula is C21H30N8. The molecular weight excluding hydrogens is 364 g/mol. The number of fused-ring (bicyclic) bond motifs is 1. The summed E-state index contributed by atoms with van der Waals surface area (Å²) in [6, 6.07) is 6.12. The Bertz CT molecular complexity index is 952. The van der Waals surface area contributed by atoms with Crippen LogP contribution in [0.25, 0.3) is 11.2 Å². The van der Waals surface area contributed by atoms with Gasteiger partial charge in [0.25, 0.3) is 0 Å². The van der Waals surface area contributed by atoms with E-state index in [1.807, 2.05) is 18.2 Å². The van der Waals surface area contributed by atoms with Crippen LogP contribution in [0.5, 0.6) is 0 Å². The van der Waals surface area contributed by atoms with Gasteiger partial charge < -0.3 is 16.4 Å². The zero-order valence-electron chi connectivity index (χ0n) is 17.4. The first-order valence-corrected chi connectivity index (χ1v) is 10.3. The van der Waals surface area contributed by atoms with Gasteiger partial charge in [0.2, 0.25) is 11.9 Å². The number of rotatable bonds is 5. The van der Waals surface area contributed by atoms with Gasteiger partial charge in [0.05, 0.1) is 6.20 Å². The van der Waals surface area contributed by atoms with Gasteiger partial charge >= 0.3 is 0 Å². The molecule has 1 saturated carbocycles. The standard InChI is InChI=1S/C21H30N8/c1-21(2,3)28-19-24-13-16-18(27-19)29(15-9-7-14(12-22)8-10-15)20(25-16)26-17-6-4-5-11-23-17/h4-6,11,13-15H,7-10,12,22H2,1-3H3,(H,23,25,26)(H,24,27,28)/t14-,15-. The number of nitrogens with two attached hydrogens (primary N) is 1. The van der Waals surface area contributed by atoms with Gasteiger partial charge in [-0.2, -0.15) is 4.98 Å². The molecule has 8 heteroatoms. The molecule has 8 nitrogen and oxygen atoms in total.